The number of carbonyl (C=O) groups excluding carboxylic acids is 1. The van der Waals surface area contributed by atoms with Crippen LogP contribution >= 0.6 is 11.3 Å². The topological polar surface area (TPSA) is 105 Å². The first-order chi connectivity index (χ1) is 14.6. The normalized spacial score (nSPS) is 20.7. The summed E-state index contributed by atoms with van der Waals surface area (Å²) in [6.45, 7) is 3.40. The third kappa shape index (κ3) is 4.95. The molecule has 0 unspecified atom stereocenters. The van der Waals surface area contributed by atoms with Crippen LogP contribution in [0.5, 0.6) is 0 Å². The maximum absolute atomic E-state index is 12.6. The van der Waals surface area contributed by atoms with E-state index in [9.17, 15) is 9.90 Å². The molecule has 2 aromatic rings. The van der Waals surface area contributed by atoms with Gasteiger partial charge in [0.1, 0.15) is 11.5 Å². The summed E-state index contributed by atoms with van der Waals surface area (Å²) in [5.41, 5.74) is 1.44. The zero-order valence-corrected chi connectivity index (χ0v) is 17.6. The fourth-order valence-electron chi connectivity index (χ4n) is 4.06. The van der Waals surface area contributed by atoms with Gasteiger partial charge in [0.15, 0.2) is 5.13 Å². The molecule has 2 aliphatic rings. The van der Waals surface area contributed by atoms with Crippen LogP contribution in [0.15, 0.2) is 23.6 Å². The number of amides is 1. The molecule has 4 heterocycles. The molecule has 30 heavy (non-hydrogen) atoms. The van der Waals surface area contributed by atoms with Gasteiger partial charge in [-0.2, -0.15) is 5.26 Å². The van der Waals surface area contributed by atoms with E-state index < -0.39 is 0 Å². The third-order valence-corrected chi connectivity index (χ3v) is 6.46. The number of nitriles is 1. The number of aromatic nitrogens is 2. The van der Waals surface area contributed by atoms with E-state index in [1.165, 1.54) is 11.3 Å². The number of nitrogens with zero attached hydrogens (tertiary/aromatic N) is 5. The summed E-state index contributed by atoms with van der Waals surface area (Å²) < 4.78 is 0. The van der Waals surface area contributed by atoms with Gasteiger partial charge in [-0.05, 0) is 44.4 Å². The van der Waals surface area contributed by atoms with Crippen LogP contribution in [0.3, 0.4) is 0 Å². The maximum Gasteiger partial charge on any atom is 0.273 e. The second-order valence-electron chi connectivity index (χ2n) is 7.87. The van der Waals surface area contributed by atoms with Crippen molar-refractivity contribution in [1.82, 2.24) is 19.8 Å². The van der Waals surface area contributed by atoms with E-state index in [1.807, 2.05) is 18.2 Å². The highest BCUT2D eigenvalue weighted by molar-refractivity contribution is 7.14. The molecule has 8 nitrogen and oxygen atoms in total. The standard InChI is InChI=1S/C21H26N6O2S/c22-8-12-26-9-2-3-15(13-26)17-4-1-5-19(23-17)25-21-24-18(14-30-21)20(29)27-10-6-16(28)7-11-27/h1,4-5,14-16,28H,2-3,6-7,9-13H2,(H,23,24,25)/t15-/m1/s1. The molecule has 2 saturated heterocycles. The Balaban J connectivity index is 1.40. The van der Waals surface area contributed by atoms with E-state index in [-0.39, 0.29) is 12.0 Å². The highest BCUT2D eigenvalue weighted by atomic mass is 32.1. The SMILES string of the molecule is N#CCN1CCC[C@@H](c2cccc(Nc3nc(C(=O)N4CCC(O)CC4)cs3)n2)C1. The zero-order valence-electron chi connectivity index (χ0n) is 16.8. The Morgan fingerprint density at radius 2 is 2.10 bits per heavy atom. The van der Waals surface area contributed by atoms with Gasteiger partial charge in [0, 0.05) is 36.6 Å². The molecule has 2 N–H and O–H groups in total. The van der Waals surface area contributed by atoms with Crippen LogP contribution in [-0.2, 0) is 0 Å². The van der Waals surface area contributed by atoms with Crippen molar-refractivity contribution >= 4 is 28.2 Å². The summed E-state index contributed by atoms with van der Waals surface area (Å²) in [7, 11) is 0. The number of aliphatic hydroxyl groups excluding tert-OH is 1. The second kappa shape index (κ2) is 9.51. The van der Waals surface area contributed by atoms with Crippen molar-refractivity contribution in [3.05, 3.63) is 35.0 Å². The summed E-state index contributed by atoms with van der Waals surface area (Å²) in [4.78, 5) is 25.8. The fraction of sp³-hybridized carbons (Fsp3) is 0.524. The molecule has 1 amide bonds. The van der Waals surface area contributed by atoms with Crippen LogP contribution in [0.25, 0.3) is 0 Å². The number of likely N-dealkylation sites (tertiary alicyclic amines) is 2. The average molecular weight is 427 g/mol. The van der Waals surface area contributed by atoms with Crippen LogP contribution < -0.4 is 5.32 Å². The number of rotatable bonds is 5. The van der Waals surface area contributed by atoms with Gasteiger partial charge in [-0.3, -0.25) is 9.69 Å². The number of carbonyl (C=O) groups is 1. The van der Waals surface area contributed by atoms with Gasteiger partial charge in [-0.25, -0.2) is 9.97 Å². The van der Waals surface area contributed by atoms with Gasteiger partial charge >= 0.3 is 0 Å². The second-order valence-corrected chi connectivity index (χ2v) is 8.72. The van der Waals surface area contributed by atoms with E-state index in [0.29, 0.717) is 55.0 Å². The zero-order chi connectivity index (χ0) is 20.9. The number of thiazole rings is 1. The highest BCUT2D eigenvalue weighted by Crippen LogP contribution is 2.27. The number of aliphatic hydroxyl groups is 1. The largest absolute Gasteiger partial charge is 0.393 e. The quantitative estimate of drug-likeness (QED) is 0.708. The predicted octanol–water partition coefficient (Wildman–Crippen LogP) is 2.58. The Morgan fingerprint density at radius 1 is 1.27 bits per heavy atom. The molecule has 9 heteroatoms. The van der Waals surface area contributed by atoms with Crippen molar-refractivity contribution in [3.8, 4) is 6.07 Å². The van der Waals surface area contributed by atoms with Gasteiger partial charge < -0.3 is 15.3 Å². The number of hydrogen-bond donors (Lipinski definition) is 2. The Labute approximate surface area is 180 Å². The van der Waals surface area contributed by atoms with Crippen molar-refractivity contribution in [2.45, 2.75) is 37.7 Å². The summed E-state index contributed by atoms with van der Waals surface area (Å²) in [6, 6.07) is 8.14. The third-order valence-electron chi connectivity index (χ3n) is 5.70. The monoisotopic (exact) mass is 426 g/mol. The van der Waals surface area contributed by atoms with Crippen LogP contribution in [0, 0.1) is 11.3 Å². The van der Waals surface area contributed by atoms with E-state index in [1.54, 1.807) is 10.3 Å². The van der Waals surface area contributed by atoms with Crippen LogP contribution in [0.1, 0.15) is 47.8 Å². The number of piperidine rings is 2. The molecular weight excluding hydrogens is 400 g/mol. The molecule has 1 atom stereocenters. The van der Waals surface area contributed by atoms with Crippen LogP contribution in [-0.4, -0.2) is 69.6 Å². The molecule has 2 aromatic heterocycles. The van der Waals surface area contributed by atoms with Gasteiger partial charge in [0.25, 0.3) is 5.91 Å². The first kappa shape index (κ1) is 20.7. The van der Waals surface area contributed by atoms with E-state index in [0.717, 1.165) is 31.6 Å². The van der Waals surface area contributed by atoms with Crippen molar-refractivity contribution in [1.29, 1.82) is 5.26 Å². The molecule has 158 valence electrons. The Hall–Kier alpha value is -2.54. The minimum Gasteiger partial charge on any atom is -0.393 e. The number of hydrogen-bond acceptors (Lipinski definition) is 8. The predicted molar refractivity (Wildman–Crippen MR) is 115 cm³/mol. The van der Waals surface area contributed by atoms with Crippen LogP contribution in [0.2, 0.25) is 0 Å². The molecule has 2 aliphatic heterocycles. The molecule has 2 fully saturated rings. The van der Waals surface area contributed by atoms with Gasteiger partial charge in [-0.15, -0.1) is 11.3 Å². The molecule has 0 aliphatic carbocycles. The minimum absolute atomic E-state index is 0.0901. The lowest BCUT2D eigenvalue weighted by Crippen LogP contribution is -2.40. The van der Waals surface area contributed by atoms with Crippen molar-refractivity contribution in [3.63, 3.8) is 0 Å². The molecule has 0 bridgehead atoms. The minimum atomic E-state index is -0.309. The maximum atomic E-state index is 12.6. The molecule has 4 rings (SSSR count). The number of pyridine rings is 1. The van der Waals surface area contributed by atoms with Crippen LogP contribution in [0.4, 0.5) is 10.9 Å². The highest BCUT2D eigenvalue weighted by Gasteiger charge is 2.25. The smallest absolute Gasteiger partial charge is 0.273 e. The van der Waals surface area contributed by atoms with E-state index >= 15 is 0 Å². The number of nitrogens with one attached hydrogen (secondary N) is 1. The molecule has 0 saturated carbocycles. The Kier molecular flexibility index (Phi) is 6.57. The van der Waals surface area contributed by atoms with E-state index in [2.05, 4.69) is 21.3 Å². The number of anilines is 2. The molecule has 0 radical (unpaired) electrons. The van der Waals surface area contributed by atoms with Crippen molar-refractivity contribution in [2.24, 2.45) is 0 Å². The summed E-state index contributed by atoms with van der Waals surface area (Å²) in [5.74, 6) is 0.934. The van der Waals surface area contributed by atoms with Gasteiger partial charge in [-0.1, -0.05) is 6.07 Å². The molecule has 0 aromatic carbocycles. The first-order valence-electron chi connectivity index (χ1n) is 10.4. The molecule has 0 spiro atoms. The Morgan fingerprint density at radius 3 is 2.90 bits per heavy atom. The fourth-order valence-corrected chi connectivity index (χ4v) is 4.75. The lowest BCUT2D eigenvalue weighted by atomic mass is 9.94. The lowest BCUT2D eigenvalue weighted by Gasteiger charge is -2.30. The summed E-state index contributed by atoms with van der Waals surface area (Å²) in [6.07, 6.45) is 3.06. The molecular formula is C21H26N6O2S. The summed E-state index contributed by atoms with van der Waals surface area (Å²) in [5, 5.41) is 24.2. The lowest BCUT2D eigenvalue weighted by molar-refractivity contribution is 0.0542. The first-order valence-corrected chi connectivity index (χ1v) is 11.3. The Bertz CT molecular complexity index is 918. The van der Waals surface area contributed by atoms with Crippen molar-refractivity contribution in [2.75, 3.05) is 38.0 Å². The average Bonchev–Trinajstić information content (AvgIpc) is 3.23. The van der Waals surface area contributed by atoms with E-state index in [4.69, 9.17) is 10.2 Å². The van der Waals surface area contributed by atoms with Crippen molar-refractivity contribution < 1.29 is 9.90 Å². The summed E-state index contributed by atoms with van der Waals surface area (Å²) >= 11 is 1.38. The van der Waals surface area contributed by atoms with Gasteiger partial charge in [0.05, 0.1) is 18.7 Å². The van der Waals surface area contributed by atoms with Gasteiger partial charge in [0.2, 0.25) is 0 Å².